The highest BCUT2D eigenvalue weighted by atomic mass is 32.2. The van der Waals surface area contributed by atoms with Crippen LogP contribution in [0.1, 0.15) is 0 Å². The van der Waals surface area contributed by atoms with Crippen molar-refractivity contribution in [3.05, 3.63) is 58.9 Å². The third-order valence-electron chi connectivity index (χ3n) is 4.44. The van der Waals surface area contributed by atoms with Crippen molar-refractivity contribution >= 4 is 40.1 Å². The number of hydrogen-bond donors (Lipinski definition) is 2. The number of ether oxygens (including phenoxy) is 1. The second kappa shape index (κ2) is 8.45. The first-order valence-electron chi connectivity index (χ1n) is 9.03. The van der Waals surface area contributed by atoms with Crippen molar-refractivity contribution in [3.63, 3.8) is 0 Å². The van der Waals surface area contributed by atoms with Crippen LogP contribution in [0.4, 0.5) is 11.4 Å². The van der Waals surface area contributed by atoms with Gasteiger partial charge in [0.1, 0.15) is 0 Å². The molecule has 1 aliphatic heterocycles. The quantitative estimate of drug-likeness (QED) is 0.645. The number of nitrogens with zero attached hydrogens (tertiary/aromatic N) is 2. The van der Waals surface area contributed by atoms with Gasteiger partial charge in [0.25, 0.3) is 5.56 Å². The minimum Gasteiger partial charge on any atom is -0.378 e. The van der Waals surface area contributed by atoms with Crippen molar-refractivity contribution in [2.45, 2.75) is 5.03 Å². The van der Waals surface area contributed by atoms with Crippen LogP contribution in [0.2, 0.25) is 0 Å². The molecule has 144 valence electrons. The predicted molar refractivity (Wildman–Crippen MR) is 111 cm³/mol. The molecule has 1 fully saturated rings. The van der Waals surface area contributed by atoms with Crippen LogP contribution in [0, 0.1) is 0 Å². The molecule has 2 aromatic carbocycles. The Hall–Kier alpha value is -2.84. The van der Waals surface area contributed by atoms with Crippen LogP contribution in [0.3, 0.4) is 0 Å². The first kappa shape index (κ1) is 18.5. The molecule has 0 aliphatic carbocycles. The minimum absolute atomic E-state index is 0.111. The monoisotopic (exact) mass is 396 g/mol. The molecule has 4 rings (SSSR count). The number of H-pyrrole nitrogens is 1. The molecule has 1 saturated heterocycles. The van der Waals surface area contributed by atoms with Crippen LogP contribution in [0.25, 0.3) is 11.0 Å². The summed E-state index contributed by atoms with van der Waals surface area (Å²) in [4.78, 5) is 33.7. The van der Waals surface area contributed by atoms with Crippen molar-refractivity contribution in [2.24, 2.45) is 0 Å². The summed E-state index contributed by atoms with van der Waals surface area (Å²) in [6.45, 7) is 3.21. The van der Waals surface area contributed by atoms with Crippen LogP contribution in [-0.2, 0) is 9.53 Å². The molecule has 2 N–H and O–H groups in total. The zero-order valence-electron chi connectivity index (χ0n) is 15.2. The molecule has 28 heavy (non-hydrogen) atoms. The summed E-state index contributed by atoms with van der Waals surface area (Å²) in [5, 5.41) is 3.14. The molecule has 8 heteroatoms. The first-order valence-corrected chi connectivity index (χ1v) is 10.0. The highest BCUT2D eigenvalue weighted by molar-refractivity contribution is 7.99. The van der Waals surface area contributed by atoms with E-state index in [1.807, 2.05) is 42.5 Å². The second-order valence-corrected chi connectivity index (χ2v) is 7.34. The fraction of sp³-hybridized carbons (Fsp3) is 0.250. The summed E-state index contributed by atoms with van der Waals surface area (Å²) in [7, 11) is 0. The fourth-order valence-corrected chi connectivity index (χ4v) is 3.70. The molecule has 1 aromatic heterocycles. The number of benzene rings is 2. The Morgan fingerprint density at radius 1 is 1.14 bits per heavy atom. The van der Waals surface area contributed by atoms with Crippen molar-refractivity contribution in [2.75, 3.05) is 42.3 Å². The van der Waals surface area contributed by atoms with Crippen molar-refractivity contribution in [3.8, 4) is 0 Å². The maximum absolute atomic E-state index is 12.2. The lowest BCUT2D eigenvalue weighted by Gasteiger charge is -2.28. The van der Waals surface area contributed by atoms with Crippen LogP contribution in [-0.4, -0.2) is 47.9 Å². The molecule has 0 atom stereocenters. The third-order valence-corrected chi connectivity index (χ3v) is 5.39. The van der Waals surface area contributed by atoms with Crippen molar-refractivity contribution < 1.29 is 9.53 Å². The number of hydrogen-bond acceptors (Lipinski definition) is 6. The molecule has 3 aromatic rings. The molecular formula is C20H20N4O3S. The Kier molecular flexibility index (Phi) is 5.59. The number of thioether (sulfide) groups is 1. The Bertz CT molecular complexity index is 1030. The van der Waals surface area contributed by atoms with E-state index in [1.54, 1.807) is 6.07 Å². The molecule has 0 bridgehead atoms. The van der Waals surface area contributed by atoms with Crippen LogP contribution < -0.4 is 15.8 Å². The normalized spacial score (nSPS) is 14.2. The van der Waals surface area contributed by atoms with E-state index < -0.39 is 0 Å². The molecule has 2 heterocycles. The van der Waals surface area contributed by atoms with Gasteiger partial charge >= 0.3 is 0 Å². The number of carbonyl (C=O) groups excluding carboxylic acids is 1. The smallest absolute Gasteiger partial charge is 0.280 e. The van der Waals surface area contributed by atoms with Gasteiger partial charge in [-0.1, -0.05) is 23.9 Å². The molecule has 1 aliphatic rings. The maximum Gasteiger partial charge on any atom is 0.280 e. The number of nitrogens with one attached hydrogen (secondary N) is 2. The van der Waals surface area contributed by atoms with Gasteiger partial charge in [0.2, 0.25) is 5.91 Å². The summed E-state index contributed by atoms with van der Waals surface area (Å²) in [5.74, 6) is -0.0712. The number of aromatic nitrogens is 2. The van der Waals surface area contributed by atoms with E-state index in [-0.39, 0.29) is 22.2 Å². The Morgan fingerprint density at radius 2 is 1.89 bits per heavy atom. The van der Waals surface area contributed by atoms with Gasteiger partial charge in [-0.15, -0.1) is 0 Å². The second-order valence-electron chi connectivity index (χ2n) is 6.37. The van der Waals surface area contributed by atoms with Crippen LogP contribution >= 0.6 is 11.8 Å². The minimum atomic E-state index is -0.286. The van der Waals surface area contributed by atoms with Crippen molar-refractivity contribution in [1.82, 2.24) is 9.97 Å². The van der Waals surface area contributed by atoms with Gasteiger partial charge in [-0.2, -0.15) is 0 Å². The standard InChI is InChI=1S/C20H20N4O3S/c25-18(13-28-20-19(26)22-16-3-1-2-4-17(16)23-20)21-14-5-7-15(8-6-14)24-9-11-27-12-10-24/h1-8H,9-13H2,(H,21,25)(H,22,26). The molecular weight excluding hydrogens is 376 g/mol. The number of aromatic amines is 1. The number of amides is 1. The number of fused-ring (bicyclic) bond motifs is 1. The summed E-state index contributed by atoms with van der Waals surface area (Å²) in [5.41, 5.74) is 2.93. The first-order chi connectivity index (χ1) is 13.7. The summed E-state index contributed by atoms with van der Waals surface area (Å²) < 4.78 is 5.36. The Morgan fingerprint density at radius 3 is 2.68 bits per heavy atom. The third kappa shape index (κ3) is 4.35. The van der Waals surface area contributed by atoms with E-state index in [9.17, 15) is 9.59 Å². The van der Waals surface area contributed by atoms with Gasteiger partial charge < -0.3 is 19.9 Å². The van der Waals surface area contributed by atoms with E-state index in [0.29, 0.717) is 11.0 Å². The van der Waals surface area contributed by atoms with Crippen LogP contribution in [0.15, 0.2) is 58.4 Å². The van der Waals surface area contributed by atoms with Gasteiger partial charge in [0, 0.05) is 24.5 Å². The van der Waals surface area contributed by atoms with E-state index in [4.69, 9.17) is 4.74 Å². The van der Waals surface area contributed by atoms with Gasteiger partial charge in [-0.25, -0.2) is 4.98 Å². The number of rotatable bonds is 5. The predicted octanol–water partition coefficient (Wildman–Crippen LogP) is 2.49. The van der Waals surface area contributed by atoms with Crippen molar-refractivity contribution in [1.29, 1.82) is 0 Å². The van der Waals surface area contributed by atoms with Gasteiger partial charge in [-0.3, -0.25) is 9.59 Å². The molecule has 1 amide bonds. The van der Waals surface area contributed by atoms with E-state index >= 15 is 0 Å². The summed E-state index contributed by atoms with van der Waals surface area (Å²) in [6, 6.07) is 15.1. The number of para-hydroxylation sites is 2. The zero-order valence-corrected chi connectivity index (χ0v) is 16.0. The lowest BCUT2D eigenvalue weighted by atomic mass is 10.2. The van der Waals surface area contributed by atoms with E-state index in [1.165, 1.54) is 0 Å². The SMILES string of the molecule is O=C(CSc1nc2ccccc2[nH]c1=O)Nc1ccc(N2CCOCC2)cc1. The van der Waals surface area contributed by atoms with Gasteiger partial charge in [0.05, 0.1) is 30.0 Å². The molecule has 7 nitrogen and oxygen atoms in total. The molecule has 0 saturated carbocycles. The maximum atomic E-state index is 12.2. The average Bonchev–Trinajstić information content (AvgIpc) is 2.73. The zero-order chi connectivity index (χ0) is 19.3. The largest absolute Gasteiger partial charge is 0.378 e. The Labute approximate surface area is 166 Å². The van der Waals surface area contributed by atoms with E-state index in [2.05, 4.69) is 20.2 Å². The number of anilines is 2. The summed E-state index contributed by atoms with van der Waals surface area (Å²) in [6.07, 6.45) is 0. The van der Waals surface area contributed by atoms with Gasteiger partial charge in [-0.05, 0) is 36.4 Å². The van der Waals surface area contributed by atoms with Crippen LogP contribution in [0.5, 0.6) is 0 Å². The molecule has 0 unspecified atom stereocenters. The number of carbonyl (C=O) groups is 1. The molecule has 0 spiro atoms. The lowest BCUT2D eigenvalue weighted by molar-refractivity contribution is -0.113. The van der Waals surface area contributed by atoms with E-state index in [0.717, 1.165) is 49.4 Å². The highest BCUT2D eigenvalue weighted by Crippen LogP contribution is 2.20. The average molecular weight is 396 g/mol. The number of morpholine rings is 1. The summed E-state index contributed by atoms with van der Waals surface area (Å²) >= 11 is 1.13. The topological polar surface area (TPSA) is 87.3 Å². The lowest BCUT2D eigenvalue weighted by Crippen LogP contribution is -2.36. The Balaban J connectivity index is 1.35. The highest BCUT2D eigenvalue weighted by Gasteiger charge is 2.12. The fourth-order valence-electron chi connectivity index (χ4n) is 3.02. The van der Waals surface area contributed by atoms with Gasteiger partial charge in [0.15, 0.2) is 5.03 Å². The molecule has 0 radical (unpaired) electrons.